The van der Waals surface area contributed by atoms with Crippen LogP contribution in [0.4, 0.5) is 27.5 Å². The van der Waals surface area contributed by atoms with E-state index >= 15 is 0 Å². The topological polar surface area (TPSA) is 113 Å². The summed E-state index contributed by atoms with van der Waals surface area (Å²) in [7, 11) is 0. The van der Waals surface area contributed by atoms with Crippen LogP contribution in [0.3, 0.4) is 0 Å². The highest BCUT2D eigenvalue weighted by Crippen LogP contribution is 2.26. The molecule has 8 nitrogen and oxygen atoms in total. The molecule has 3 amide bonds. The summed E-state index contributed by atoms with van der Waals surface area (Å²) in [6, 6.07) is 19.4. The number of carbonyl (C=O) groups is 2. The largest absolute Gasteiger partial charge is 0.323 e. The number of nitrogens with one attached hydrogen (secondary N) is 3. The fourth-order valence-corrected chi connectivity index (χ4v) is 3.07. The van der Waals surface area contributed by atoms with Crippen LogP contribution in [0.15, 0.2) is 77.7 Å². The first-order valence-electron chi connectivity index (χ1n) is 8.83. The minimum atomic E-state index is -0.586. The van der Waals surface area contributed by atoms with Gasteiger partial charge >= 0.3 is 6.03 Å². The van der Waals surface area contributed by atoms with Crippen LogP contribution in [-0.2, 0) is 0 Å². The molecule has 0 aliphatic carbocycles. The average molecular weight is 422 g/mol. The van der Waals surface area contributed by atoms with Gasteiger partial charge in [-0.25, -0.2) is 4.79 Å². The molecule has 0 bridgehead atoms. The highest BCUT2D eigenvalue weighted by atomic mass is 32.2. The molecule has 0 aliphatic rings. The van der Waals surface area contributed by atoms with E-state index in [0.717, 1.165) is 4.90 Å². The van der Waals surface area contributed by atoms with Gasteiger partial charge in [0.1, 0.15) is 5.56 Å². The minimum Gasteiger partial charge on any atom is -0.322 e. The Balaban J connectivity index is 1.66. The molecule has 9 heteroatoms. The van der Waals surface area contributed by atoms with Crippen LogP contribution >= 0.6 is 11.8 Å². The Morgan fingerprint density at radius 2 is 1.40 bits per heavy atom. The molecular formula is C21H18N4O4S. The van der Waals surface area contributed by atoms with Gasteiger partial charge in [-0.1, -0.05) is 18.2 Å². The zero-order chi connectivity index (χ0) is 21.5. The lowest BCUT2D eigenvalue weighted by molar-refractivity contribution is -0.385. The summed E-state index contributed by atoms with van der Waals surface area (Å²) in [5.41, 5.74) is 1.35. The van der Waals surface area contributed by atoms with Gasteiger partial charge in [-0.15, -0.1) is 11.8 Å². The van der Waals surface area contributed by atoms with Crippen molar-refractivity contribution in [2.45, 2.75) is 4.90 Å². The number of carbonyl (C=O) groups excluding carboxylic acids is 2. The first-order chi connectivity index (χ1) is 14.5. The minimum absolute atomic E-state index is 0.0173. The van der Waals surface area contributed by atoms with Crippen molar-refractivity contribution in [3.63, 3.8) is 0 Å². The molecule has 0 atom stereocenters. The lowest BCUT2D eigenvalue weighted by Gasteiger charge is -2.10. The summed E-state index contributed by atoms with van der Waals surface area (Å²) in [5.74, 6) is -0.583. The number of rotatable bonds is 6. The van der Waals surface area contributed by atoms with Crippen LogP contribution in [0.25, 0.3) is 0 Å². The van der Waals surface area contributed by atoms with Crippen molar-refractivity contribution in [2.24, 2.45) is 0 Å². The van der Waals surface area contributed by atoms with Gasteiger partial charge in [0, 0.05) is 28.0 Å². The average Bonchev–Trinajstić information content (AvgIpc) is 2.75. The third-order valence-electron chi connectivity index (χ3n) is 4.08. The van der Waals surface area contributed by atoms with E-state index in [-0.39, 0.29) is 11.3 Å². The first-order valence-corrected chi connectivity index (χ1v) is 10.1. The molecule has 0 aromatic heterocycles. The van der Waals surface area contributed by atoms with Gasteiger partial charge in [0.05, 0.1) is 4.92 Å². The SMILES string of the molecule is CSc1ccc([N+](=O)[O-])c(C(=O)Nc2ccc(NC(=O)Nc3ccccc3)cc2)c1. The van der Waals surface area contributed by atoms with Crippen molar-refractivity contribution < 1.29 is 14.5 Å². The fraction of sp³-hybridized carbons (Fsp3) is 0.0476. The third-order valence-corrected chi connectivity index (χ3v) is 4.80. The number of nitrogens with zero attached hydrogens (tertiary/aromatic N) is 1. The molecule has 3 rings (SSSR count). The molecule has 3 aromatic rings. The summed E-state index contributed by atoms with van der Waals surface area (Å²) < 4.78 is 0. The van der Waals surface area contributed by atoms with Crippen molar-refractivity contribution >= 4 is 46.4 Å². The van der Waals surface area contributed by atoms with Crippen molar-refractivity contribution in [1.82, 2.24) is 0 Å². The molecule has 3 aromatic carbocycles. The van der Waals surface area contributed by atoms with Gasteiger partial charge in [-0.3, -0.25) is 14.9 Å². The van der Waals surface area contributed by atoms with Gasteiger partial charge < -0.3 is 16.0 Å². The van der Waals surface area contributed by atoms with E-state index in [4.69, 9.17) is 0 Å². The fourth-order valence-electron chi connectivity index (χ4n) is 2.63. The summed E-state index contributed by atoms with van der Waals surface area (Å²) >= 11 is 1.39. The molecule has 0 aliphatic heterocycles. The van der Waals surface area contributed by atoms with Crippen molar-refractivity contribution in [3.8, 4) is 0 Å². The summed E-state index contributed by atoms with van der Waals surface area (Å²) in [4.78, 5) is 36.0. The molecule has 0 fully saturated rings. The molecule has 0 unspecified atom stereocenters. The predicted octanol–water partition coefficient (Wildman–Crippen LogP) is 5.21. The molecule has 0 heterocycles. The molecule has 152 valence electrons. The first kappa shape index (κ1) is 20.9. The number of nitro benzene ring substituents is 1. The van der Waals surface area contributed by atoms with E-state index < -0.39 is 16.9 Å². The highest BCUT2D eigenvalue weighted by Gasteiger charge is 2.20. The molecule has 0 saturated carbocycles. The molecular weight excluding hydrogens is 404 g/mol. The van der Waals surface area contributed by atoms with Gasteiger partial charge in [0.15, 0.2) is 0 Å². The number of benzene rings is 3. The summed E-state index contributed by atoms with van der Waals surface area (Å²) in [6.07, 6.45) is 1.82. The molecule has 30 heavy (non-hydrogen) atoms. The lowest BCUT2D eigenvalue weighted by Crippen LogP contribution is -2.19. The van der Waals surface area contributed by atoms with E-state index in [1.54, 1.807) is 42.5 Å². The van der Waals surface area contributed by atoms with Gasteiger partial charge in [-0.05, 0) is 54.8 Å². The Bertz CT molecular complexity index is 1070. The Morgan fingerprint density at radius 1 is 0.833 bits per heavy atom. The van der Waals surface area contributed by atoms with Crippen LogP contribution < -0.4 is 16.0 Å². The van der Waals surface area contributed by atoms with E-state index in [9.17, 15) is 19.7 Å². The van der Waals surface area contributed by atoms with Gasteiger partial charge in [0.25, 0.3) is 11.6 Å². The number of para-hydroxylation sites is 1. The predicted molar refractivity (Wildman–Crippen MR) is 118 cm³/mol. The number of hydrogen-bond acceptors (Lipinski definition) is 5. The molecule has 3 N–H and O–H groups in total. The highest BCUT2D eigenvalue weighted by molar-refractivity contribution is 7.98. The zero-order valence-corrected chi connectivity index (χ0v) is 16.7. The van der Waals surface area contributed by atoms with Crippen LogP contribution in [-0.4, -0.2) is 23.1 Å². The van der Waals surface area contributed by atoms with Gasteiger partial charge in [-0.2, -0.15) is 0 Å². The molecule has 0 saturated heterocycles. The second-order valence-corrected chi connectivity index (χ2v) is 7.00. The van der Waals surface area contributed by atoms with E-state index in [1.165, 1.54) is 23.9 Å². The molecule has 0 spiro atoms. The second kappa shape index (κ2) is 9.57. The number of hydrogen-bond donors (Lipinski definition) is 3. The Hall–Kier alpha value is -3.85. The van der Waals surface area contributed by atoms with Crippen LogP contribution in [0, 0.1) is 10.1 Å². The maximum absolute atomic E-state index is 12.6. The van der Waals surface area contributed by atoms with Crippen molar-refractivity contribution in [2.75, 3.05) is 22.2 Å². The van der Waals surface area contributed by atoms with Gasteiger partial charge in [0.2, 0.25) is 0 Å². The van der Waals surface area contributed by atoms with E-state index in [1.807, 2.05) is 24.5 Å². The zero-order valence-electron chi connectivity index (χ0n) is 15.9. The standard InChI is InChI=1S/C21H18N4O4S/c1-30-17-11-12-19(25(28)29)18(13-17)20(26)22-15-7-9-16(10-8-15)24-21(27)23-14-5-3-2-4-6-14/h2-13H,1H3,(H,22,26)(H2,23,24,27). The van der Waals surface area contributed by atoms with Crippen LogP contribution in [0.5, 0.6) is 0 Å². The monoisotopic (exact) mass is 422 g/mol. The number of urea groups is 1. The number of thioether (sulfide) groups is 1. The van der Waals surface area contributed by atoms with Crippen LogP contribution in [0.2, 0.25) is 0 Å². The van der Waals surface area contributed by atoms with Crippen molar-refractivity contribution in [3.05, 3.63) is 88.5 Å². The number of nitro groups is 1. The maximum atomic E-state index is 12.6. The normalized spacial score (nSPS) is 10.2. The van der Waals surface area contributed by atoms with Crippen LogP contribution in [0.1, 0.15) is 10.4 Å². The lowest BCUT2D eigenvalue weighted by atomic mass is 10.1. The number of amides is 3. The Labute approximate surface area is 176 Å². The van der Waals surface area contributed by atoms with E-state index in [0.29, 0.717) is 17.1 Å². The number of anilines is 3. The second-order valence-electron chi connectivity index (χ2n) is 6.12. The third kappa shape index (κ3) is 5.36. The Morgan fingerprint density at radius 3 is 1.97 bits per heavy atom. The molecule has 0 radical (unpaired) electrons. The van der Waals surface area contributed by atoms with Crippen molar-refractivity contribution in [1.29, 1.82) is 0 Å². The maximum Gasteiger partial charge on any atom is 0.323 e. The summed E-state index contributed by atoms with van der Waals surface area (Å²) in [5, 5.41) is 19.3. The van der Waals surface area contributed by atoms with E-state index in [2.05, 4.69) is 16.0 Å². The summed E-state index contributed by atoms with van der Waals surface area (Å²) in [6.45, 7) is 0. The quantitative estimate of drug-likeness (QED) is 0.287. The Kier molecular flexibility index (Phi) is 6.66. The smallest absolute Gasteiger partial charge is 0.322 e.